The molecule has 1 saturated heterocycles. The lowest BCUT2D eigenvalue weighted by Crippen LogP contribution is -2.54. The second kappa shape index (κ2) is 10.7. The fourth-order valence-electron chi connectivity index (χ4n) is 4.22. The zero-order chi connectivity index (χ0) is 22.2. The maximum atomic E-state index is 13.0. The Balaban J connectivity index is 1.53. The predicted octanol–water partition coefficient (Wildman–Crippen LogP) is 3.67. The number of rotatable bonds is 11. The number of azide groups is 1. The molecule has 1 aromatic rings. The number of amides is 4. The third kappa shape index (κ3) is 5.30. The van der Waals surface area contributed by atoms with Crippen molar-refractivity contribution in [3.05, 3.63) is 45.3 Å². The fourth-order valence-corrected chi connectivity index (χ4v) is 4.22. The molecule has 1 fully saturated rings. The molecule has 164 valence electrons. The van der Waals surface area contributed by atoms with Crippen LogP contribution in [0.2, 0.25) is 0 Å². The molecule has 2 aliphatic heterocycles. The van der Waals surface area contributed by atoms with Crippen LogP contribution in [-0.2, 0) is 16.0 Å². The van der Waals surface area contributed by atoms with Gasteiger partial charge in [0.1, 0.15) is 6.04 Å². The molecule has 1 N–H and O–H groups in total. The summed E-state index contributed by atoms with van der Waals surface area (Å²) in [5.74, 6) is -1.87. The summed E-state index contributed by atoms with van der Waals surface area (Å²) in [4.78, 5) is 53.2. The van der Waals surface area contributed by atoms with Gasteiger partial charge in [-0.2, -0.15) is 0 Å². The molecule has 0 aliphatic carbocycles. The van der Waals surface area contributed by atoms with Gasteiger partial charge >= 0.3 is 0 Å². The molecule has 0 spiro atoms. The highest BCUT2D eigenvalue weighted by Crippen LogP contribution is 2.30. The highest BCUT2D eigenvalue weighted by molar-refractivity contribution is 6.24. The van der Waals surface area contributed by atoms with E-state index in [0.717, 1.165) is 55.4 Å². The van der Waals surface area contributed by atoms with E-state index in [4.69, 9.17) is 5.53 Å². The van der Waals surface area contributed by atoms with Crippen molar-refractivity contribution in [3.8, 4) is 0 Å². The second-order valence-electron chi connectivity index (χ2n) is 7.97. The Kier molecular flexibility index (Phi) is 7.78. The van der Waals surface area contributed by atoms with Gasteiger partial charge in [-0.05, 0) is 42.8 Å². The maximum Gasteiger partial charge on any atom is 0.262 e. The summed E-state index contributed by atoms with van der Waals surface area (Å²) in [5, 5.41) is 5.74. The average molecular weight is 425 g/mol. The van der Waals surface area contributed by atoms with Crippen LogP contribution in [0.15, 0.2) is 23.3 Å². The summed E-state index contributed by atoms with van der Waals surface area (Å²) in [6.07, 6.45) is 8.19. The van der Waals surface area contributed by atoms with Crippen LogP contribution in [0.5, 0.6) is 0 Å². The topological polar surface area (TPSA) is 132 Å². The number of piperidine rings is 1. The molecule has 31 heavy (non-hydrogen) atoms. The van der Waals surface area contributed by atoms with Gasteiger partial charge in [0.05, 0.1) is 11.1 Å². The molecule has 4 amide bonds. The molecule has 1 aromatic carbocycles. The SMILES string of the molecule is [N-]=[N+]=NCCCCCCCCCc1cccc2c1C(=O)N(C1CCC(=O)NC1=O)C2=O. The van der Waals surface area contributed by atoms with E-state index < -0.39 is 23.8 Å². The number of carbonyl (C=O) groups excluding carboxylic acids is 4. The fraction of sp³-hybridized carbons (Fsp3) is 0.545. The summed E-state index contributed by atoms with van der Waals surface area (Å²) < 4.78 is 0. The number of carbonyl (C=O) groups is 4. The Morgan fingerprint density at radius 1 is 1.00 bits per heavy atom. The first kappa shape index (κ1) is 22.5. The monoisotopic (exact) mass is 425 g/mol. The van der Waals surface area contributed by atoms with Gasteiger partial charge in [-0.15, -0.1) is 0 Å². The lowest BCUT2D eigenvalue weighted by molar-refractivity contribution is -0.136. The van der Waals surface area contributed by atoms with E-state index >= 15 is 0 Å². The minimum atomic E-state index is -0.934. The van der Waals surface area contributed by atoms with Gasteiger partial charge < -0.3 is 0 Å². The molecule has 3 rings (SSSR count). The van der Waals surface area contributed by atoms with Crippen LogP contribution in [0.25, 0.3) is 10.4 Å². The molecule has 9 nitrogen and oxygen atoms in total. The first-order chi connectivity index (χ1) is 15.0. The third-order valence-electron chi connectivity index (χ3n) is 5.82. The quantitative estimate of drug-likeness (QED) is 0.190. The number of unbranched alkanes of at least 4 members (excludes halogenated alkanes) is 6. The summed E-state index contributed by atoms with van der Waals surface area (Å²) in [7, 11) is 0. The zero-order valence-electron chi connectivity index (χ0n) is 17.5. The van der Waals surface area contributed by atoms with Gasteiger partial charge in [0, 0.05) is 17.9 Å². The van der Waals surface area contributed by atoms with E-state index in [1.54, 1.807) is 12.1 Å². The first-order valence-electron chi connectivity index (χ1n) is 10.9. The van der Waals surface area contributed by atoms with Crippen molar-refractivity contribution in [2.24, 2.45) is 5.11 Å². The molecule has 9 heteroatoms. The Morgan fingerprint density at radius 3 is 2.42 bits per heavy atom. The van der Waals surface area contributed by atoms with Crippen molar-refractivity contribution >= 4 is 23.6 Å². The highest BCUT2D eigenvalue weighted by Gasteiger charge is 2.45. The average Bonchev–Trinajstić information content (AvgIpc) is 3.01. The summed E-state index contributed by atoms with van der Waals surface area (Å²) >= 11 is 0. The number of aryl methyl sites for hydroxylation is 1. The number of hydrogen-bond donors (Lipinski definition) is 1. The molecule has 0 bridgehead atoms. The maximum absolute atomic E-state index is 13.0. The molecule has 0 saturated carbocycles. The van der Waals surface area contributed by atoms with Crippen LogP contribution in [0.3, 0.4) is 0 Å². The summed E-state index contributed by atoms with van der Waals surface area (Å²) in [5.41, 5.74) is 9.81. The largest absolute Gasteiger partial charge is 0.295 e. The smallest absolute Gasteiger partial charge is 0.262 e. The number of fused-ring (bicyclic) bond motifs is 1. The van der Waals surface area contributed by atoms with Crippen molar-refractivity contribution in [2.75, 3.05) is 6.54 Å². The van der Waals surface area contributed by atoms with Crippen molar-refractivity contribution < 1.29 is 19.2 Å². The minimum Gasteiger partial charge on any atom is -0.295 e. The predicted molar refractivity (Wildman–Crippen MR) is 113 cm³/mol. The molecule has 1 unspecified atom stereocenters. The third-order valence-corrected chi connectivity index (χ3v) is 5.82. The van der Waals surface area contributed by atoms with Crippen LogP contribution < -0.4 is 5.32 Å². The van der Waals surface area contributed by atoms with Gasteiger partial charge in [-0.3, -0.25) is 29.4 Å². The van der Waals surface area contributed by atoms with Gasteiger partial charge in [0.2, 0.25) is 11.8 Å². The van der Waals surface area contributed by atoms with Gasteiger partial charge in [0.15, 0.2) is 0 Å². The van der Waals surface area contributed by atoms with Crippen molar-refractivity contribution in [1.29, 1.82) is 0 Å². The van der Waals surface area contributed by atoms with Gasteiger partial charge in [0.25, 0.3) is 11.8 Å². The lowest BCUT2D eigenvalue weighted by atomic mass is 9.97. The van der Waals surface area contributed by atoms with Crippen molar-refractivity contribution in [1.82, 2.24) is 10.2 Å². The molecule has 2 heterocycles. The number of nitrogens with one attached hydrogen (secondary N) is 1. The van der Waals surface area contributed by atoms with E-state index in [2.05, 4.69) is 15.3 Å². The van der Waals surface area contributed by atoms with Gasteiger partial charge in [-0.25, -0.2) is 0 Å². The van der Waals surface area contributed by atoms with Crippen LogP contribution >= 0.6 is 0 Å². The normalized spacial score (nSPS) is 18.1. The molecule has 0 aromatic heterocycles. The van der Waals surface area contributed by atoms with E-state index in [1.165, 1.54) is 0 Å². The lowest BCUT2D eigenvalue weighted by Gasteiger charge is -2.27. The van der Waals surface area contributed by atoms with Crippen LogP contribution in [-0.4, -0.2) is 41.1 Å². The summed E-state index contributed by atoms with van der Waals surface area (Å²) in [6, 6.07) is 4.34. The number of imide groups is 2. The van der Waals surface area contributed by atoms with E-state index in [-0.39, 0.29) is 18.7 Å². The molecule has 1 atom stereocenters. The Morgan fingerprint density at radius 2 is 1.71 bits per heavy atom. The standard InChI is InChI=1S/C22H27N5O4/c23-26-24-14-7-5-3-1-2-4-6-9-15-10-8-11-16-19(15)22(31)27(21(16)30)17-12-13-18(28)25-20(17)29/h8,10-11,17H,1-7,9,12-14H2,(H,25,28,29). The minimum absolute atomic E-state index is 0.113. The second-order valence-corrected chi connectivity index (χ2v) is 7.97. The first-order valence-corrected chi connectivity index (χ1v) is 10.9. The van der Waals surface area contributed by atoms with Crippen molar-refractivity contribution in [3.63, 3.8) is 0 Å². The molecule has 2 aliphatic rings. The molecular formula is C22H27N5O4. The highest BCUT2D eigenvalue weighted by atomic mass is 16.2. The van der Waals surface area contributed by atoms with E-state index in [9.17, 15) is 19.2 Å². The Bertz CT molecular complexity index is 922. The Hall–Kier alpha value is -3.19. The number of nitrogens with zero attached hydrogens (tertiary/aromatic N) is 4. The number of hydrogen-bond acceptors (Lipinski definition) is 5. The Labute approximate surface area is 180 Å². The zero-order valence-corrected chi connectivity index (χ0v) is 17.5. The van der Waals surface area contributed by atoms with E-state index in [0.29, 0.717) is 24.1 Å². The van der Waals surface area contributed by atoms with Crippen LogP contribution in [0.1, 0.15) is 84.1 Å². The number of benzene rings is 1. The van der Waals surface area contributed by atoms with Crippen LogP contribution in [0.4, 0.5) is 0 Å². The van der Waals surface area contributed by atoms with E-state index in [1.807, 2.05) is 6.07 Å². The van der Waals surface area contributed by atoms with Crippen molar-refractivity contribution in [2.45, 2.75) is 70.3 Å². The summed E-state index contributed by atoms with van der Waals surface area (Å²) in [6.45, 7) is 0.554. The van der Waals surface area contributed by atoms with Crippen LogP contribution in [0, 0.1) is 0 Å². The molecule has 0 radical (unpaired) electrons. The molecular weight excluding hydrogens is 398 g/mol. The van der Waals surface area contributed by atoms with Gasteiger partial charge in [-0.1, -0.05) is 49.4 Å².